The summed E-state index contributed by atoms with van der Waals surface area (Å²) >= 11 is 5.91. The zero-order valence-electron chi connectivity index (χ0n) is 19.3. The molecule has 1 aromatic carbocycles. The van der Waals surface area contributed by atoms with Crippen LogP contribution in [0.25, 0.3) is 0 Å². The molecule has 8 nitrogen and oxygen atoms in total. The van der Waals surface area contributed by atoms with Crippen molar-refractivity contribution in [2.24, 2.45) is 5.92 Å². The first-order chi connectivity index (χ1) is 16.5. The number of amides is 1. The number of aromatic nitrogens is 2. The Morgan fingerprint density at radius 1 is 1.34 bits per heavy atom. The lowest BCUT2D eigenvalue weighted by molar-refractivity contribution is -0.141. The lowest BCUT2D eigenvalue weighted by Crippen LogP contribution is -2.49. The third-order valence-electron chi connectivity index (χ3n) is 6.42. The molecule has 0 radical (unpaired) electrons. The first-order valence-electron chi connectivity index (χ1n) is 11.4. The number of carbonyl (C=O) groups excluding carboxylic acids is 1. The first kappa shape index (κ1) is 25.3. The van der Waals surface area contributed by atoms with Gasteiger partial charge >= 0.3 is 12.1 Å². The highest BCUT2D eigenvalue weighted by Gasteiger charge is 2.41. The van der Waals surface area contributed by atoms with Crippen LogP contribution in [0.5, 0.6) is 0 Å². The van der Waals surface area contributed by atoms with Gasteiger partial charge in [0.1, 0.15) is 6.04 Å². The lowest BCUT2D eigenvalue weighted by Gasteiger charge is -2.34. The quantitative estimate of drug-likeness (QED) is 0.509. The van der Waals surface area contributed by atoms with Gasteiger partial charge in [-0.2, -0.15) is 18.3 Å². The molecule has 0 spiro atoms. The average molecular weight is 514 g/mol. The second-order valence-electron chi connectivity index (χ2n) is 9.21. The standard InChI is InChI=1S/C23H27ClF3N5O3/c1-12-11-31(8-7-28-12)15-5-6-17(16(10-15)22(34)35)29-21(33)18(9-14-3-4-14)32-13(2)19(24)20(30-32)23(25,26)27/h5-6,10,12,14,18,28H,3-4,7-9,11H2,1-2H3,(H,29,33)(H,34,35)/t12-,18-/m0/s1. The van der Waals surface area contributed by atoms with Crippen LogP contribution in [-0.2, 0) is 11.0 Å². The van der Waals surface area contributed by atoms with Crippen molar-refractivity contribution >= 4 is 34.9 Å². The fourth-order valence-corrected chi connectivity index (χ4v) is 4.60. The van der Waals surface area contributed by atoms with E-state index in [9.17, 15) is 27.9 Å². The van der Waals surface area contributed by atoms with Crippen LogP contribution in [-0.4, -0.2) is 52.4 Å². The van der Waals surface area contributed by atoms with Gasteiger partial charge in [-0.05, 0) is 44.4 Å². The fourth-order valence-electron chi connectivity index (χ4n) is 4.37. The molecular formula is C23H27ClF3N5O3. The summed E-state index contributed by atoms with van der Waals surface area (Å²) in [6.07, 6.45) is -2.76. The van der Waals surface area contributed by atoms with Crippen LogP contribution in [0.15, 0.2) is 18.2 Å². The molecule has 2 aliphatic rings. The van der Waals surface area contributed by atoms with E-state index in [0.29, 0.717) is 18.8 Å². The third kappa shape index (κ3) is 5.56. The normalized spacial score (nSPS) is 19.5. The highest BCUT2D eigenvalue weighted by atomic mass is 35.5. The van der Waals surface area contributed by atoms with Crippen molar-refractivity contribution < 1.29 is 27.9 Å². The Hall–Kier alpha value is -2.79. The molecule has 2 fully saturated rings. The molecule has 4 rings (SSSR count). The number of carboxylic acid groups (broad SMARTS) is 1. The molecule has 2 heterocycles. The number of carboxylic acids is 1. The van der Waals surface area contributed by atoms with Crippen LogP contribution in [0.3, 0.4) is 0 Å². The van der Waals surface area contributed by atoms with Gasteiger partial charge in [-0.3, -0.25) is 9.48 Å². The van der Waals surface area contributed by atoms with E-state index in [2.05, 4.69) is 20.6 Å². The average Bonchev–Trinajstić information content (AvgIpc) is 3.56. The van der Waals surface area contributed by atoms with Gasteiger partial charge in [0.05, 0.1) is 22.0 Å². The first-order valence-corrected chi connectivity index (χ1v) is 11.8. The number of rotatable bonds is 7. The maximum atomic E-state index is 13.4. The monoisotopic (exact) mass is 513 g/mol. The predicted octanol–water partition coefficient (Wildman–Crippen LogP) is 4.34. The van der Waals surface area contributed by atoms with Crippen LogP contribution >= 0.6 is 11.6 Å². The molecule has 190 valence electrons. The number of benzene rings is 1. The van der Waals surface area contributed by atoms with Crippen molar-refractivity contribution in [2.75, 3.05) is 29.9 Å². The largest absolute Gasteiger partial charge is 0.478 e. The Kier molecular flexibility index (Phi) is 7.01. The number of halogens is 4. The molecule has 35 heavy (non-hydrogen) atoms. The molecule has 3 N–H and O–H groups in total. The number of nitrogens with one attached hydrogen (secondary N) is 2. The van der Waals surface area contributed by atoms with E-state index >= 15 is 0 Å². The SMILES string of the molecule is Cc1c(Cl)c(C(F)(F)F)nn1[C@@H](CC1CC1)C(=O)Nc1ccc(N2CCN[C@@H](C)C2)cc1C(=O)O. The maximum Gasteiger partial charge on any atom is 0.436 e. The molecule has 2 aromatic rings. The van der Waals surface area contributed by atoms with Gasteiger partial charge in [0.2, 0.25) is 5.91 Å². The minimum Gasteiger partial charge on any atom is -0.478 e. The van der Waals surface area contributed by atoms with E-state index in [-0.39, 0.29) is 35.3 Å². The summed E-state index contributed by atoms with van der Waals surface area (Å²) in [7, 11) is 0. The second-order valence-corrected chi connectivity index (χ2v) is 9.59. The number of alkyl halides is 3. The molecule has 2 atom stereocenters. The van der Waals surface area contributed by atoms with E-state index in [0.717, 1.165) is 24.1 Å². The van der Waals surface area contributed by atoms with Crippen molar-refractivity contribution in [1.82, 2.24) is 15.1 Å². The van der Waals surface area contributed by atoms with E-state index in [1.54, 1.807) is 6.07 Å². The van der Waals surface area contributed by atoms with E-state index < -0.39 is 34.8 Å². The Balaban J connectivity index is 1.63. The topological polar surface area (TPSA) is 99.5 Å². The van der Waals surface area contributed by atoms with Crippen LogP contribution in [0.1, 0.15) is 54.0 Å². The molecule has 1 saturated heterocycles. The summed E-state index contributed by atoms with van der Waals surface area (Å²) in [5.41, 5.74) is -0.527. The van der Waals surface area contributed by atoms with Gasteiger partial charge < -0.3 is 20.6 Å². The molecule has 0 unspecified atom stereocenters. The maximum absolute atomic E-state index is 13.4. The fraction of sp³-hybridized carbons (Fsp3) is 0.522. The van der Waals surface area contributed by atoms with E-state index in [1.165, 1.54) is 19.1 Å². The lowest BCUT2D eigenvalue weighted by atomic mass is 10.1. The van der Waals surface area contributed by atoms with Gasteiger partial charge in [0.15, 0.2) is 5.69 Å². The molecular weight excluding hydrogens is 487 g/mol. The number of piperazine rings is 1. The smallest absolute Gasteiger partial charge is 0.436 e. The van der Waals surface area contributed by atoms with Gasteiger partial charge in [0.25, 0.3) is 0 Å². The van der Waals surface area contributed by atoms with Crippen molar-refractivity contribution in [3.05, 3.63) is 40.2 Å². The Morgan fingerprint density at radius 2 is 2.06 bits per heavy atom. The zero-order valence-corrected chi connectivity index (χ0v) is 20.1. The highest BCUT2D eigenvalue weighted by Crippen LogP contribution is 2.41. The van der Waals surface area contributed by atoms with Crippen molar-refractivity contribution in [3.63, 3.8) is 0 Å². The highest BCUT2D eigenvalue weighted by molar-refractivity contribution is 6.32. The zero-order chi connectivity index (χ0) is 25.5. The van der Waals surface area contributed by atoms with Gasteiger partial charge in [-0.25, -0.2) is 4.79 Å². The van der Waals surface area contributed by atoms with Crippen molar-refractivity contribution in [3.8, 4) is 0 Å². The van der Waals surface area contributed by atoms with E-state index in [4.69, 9.17) is 11.6 Å². The number of aromatic carboxylic acids is 1. The number of nitrogens with zero attached hydrogens (tertiary/aromatic N) is 3. The third-order valence-corrected chi connectivity index (χ3v) is 6.87. The van der Waals surface area contributed by atoms with Crippen molar-refractivity contribution in [2.45, 2.75) is 51.4 Å². The molecule has 1 aliphatic heterocycles. The Bertz CT molecular complexity index is 1130. The summed E-state index contributed by atoms with van der Waals surface area (Å²) in [5.74, 6) is -1.68. The Morgan fingerprint density at radius 3 is 2.63 bits per heavy atom. The molecule has 0 bridgehead atoms. The van der Waals surface area contributed by atoms with Crippen LogP contribution in [0.4, 0.5) is 24.5 Å². The van der Waals surface area contributed by atoms with Crippen LogP contribution < -0.4 is 15.5 Å². The van der Waals surface area contributed by atoms with Gasteiger partial charge in [-0.15, -0.1) is 0 Å². The molecule has 1 aromatic heterocycles. The van der Waals surface area contributed by atoms with Crippen LogP contribution in [0.2, 0.25) is 5.02 Å². The molecule has 1 saturated carbocycles. The summed E-state index contributed by atoms with van der Waals surface area (Å²) in [6, 6.07) is 3.93. The van der Waals surface area contributed by atoms with Gasteiger partial charge in [-0.1, -0.05) is 24.4 Å². The minimum atomic E-state index is -4.76. The summed E-state index contributed by atoms with van der Waals surface area (Å²) < 4.78 is 41.1. The molecule has 1 amide bonds. The number of hydrogen-bond donors (Lipinski definition) is 3. The predicted molar refractivity (Wildman–Crippen MR) is 125 cm³/mol. The summed E-state index contributed by atoms with van der Waals surface area (Å²) in [6.45, 7) is 5.58. The number of carbonyl (C=O) groups is 2. The molecule has 12 heteroatoms. The van der Waals surface area contributed by atoms with Crippen LogP contribution in [0, 0.1) is 12.8 Å². The molecule has 1 aliphatic carbocycles. The van der Waals surface area contributed by atoms with Crippen molar-refractivity contribution in [1.29, 1.82) is 0 Å². The van der Waals surface area contributed by atoms with E-state index in [1.807, 2.05) is 6.92 Å². The van der Waals surface area contributed by atoms with Gasteiger partial charge in [0, 0.05) is 31.4 Å². The Labute approximate surface area is 205 Å². The number of hydrogen-bond acceptors (Lipinski definition) is 5. The minimum absolute atomic E-state index is 0.0291. The second kappa shape index (κ2) is 9.69. The summed E-state index contributed by atoms with van der Waals surface area (Å²) in [5, 5.41) is 18.8. The summed E-state index contributed by atoms with van der Waals surface area (Å²) in [4.78, 5) is 27.4. The number of anilines is 2.